The van der Waals surface area contributed by atoms with Gasteiger partial charge in [0.25, 0.3) is 0 Å². The number of hydrogen-bond acceptors (Lipinski definition) is 4. The lowest BCUT2D eigenvalue weighted by atomic mass is 10.0. The highest BCUT2D eigenvalue weighted by Gasteiger charge is 2.18. The van der Waals surface area contributed by atoms with Gasteiger partial charge in [-0.05, 0) is 30.2 Å². The molecule has 0 radical (unpaired) electrons. The highest BCUT2D eigenvalue weighted by Crippen LogP contribution is 2.21. The molecule has 1 atom stereocenters. The molecule has 1 rings (SSSR count). The summed E-state index contributed by atoms with van der Waals surface area (Å²) in [5.74, 6) is 0.302. The van der Waals surface area contributed by atoms with E-state index in [4.69, 9.17) is 10.5 Å². The molecular formula is C11H15NO3. The molecule has 0 amide bonds. The standard InChI is InChI=1S/C11H15NO3/c1-7-6-8(14-2)4-5-9(7)10(12)11(13)15-3/h4-6,10H,12H2,1-3H3/t10-/m0/s1. The van der Waals surface area contributed by atoms with Gasteiger partial charge in [0, 0.05) is 0 Å². The van der Waals surface area contributed by atoms with E-state index >= 15 is 0 Å². The number of hydrogen-bond donors (Lipinski definition) is 1. The number of esters is 1. The molecule has 4 heteroatoms. The predicted octanol–water partition coefficient (Wildman–Crippen LogP) is 1.18. The van der Waals surface area contributed by atoms with Gasteiger partial charge in [-0.25, -0.2) is 0 Å². The minimum atomic E-state index is -0.735. The topological polar surface area (TPSA) is 61.5 Å². The Morgan fingerprint density at radius 1 is 1.40 bits per heavy atom. The average Bonchev–Trinajstić information content (AvgIpc) is 2.26. The van der Waals surface area contributed by atoms with Crippen molar-refractivity contribution in [1.82, 2.24) is 0 Å². The molecular weight excluding hydrogens is 194 g/mol. The summed E-state index contributed by atoms with van der Waals surface area (Å²) in [6, 6.07) is 4.64. The van der Waals surface area contributed by atoms with Gasteiger partial charge in [0.15, 0.2) is 0 Å². The number of nitrogens with two attached hydrogens (primary N) is 1. The van der Waals surface area contributed by atoms with E-state index in [1.54, 1.807) is 19.2 Å². The zero-order valence-corrected chi connectivity index (χ0v) is 9.11. The minimum absolute atomic E-state index is 0.441. The fraction of sp³-hybridized carbons (Fsp3) is 0.364. The summed E-state index contributed by atoms with van der Waals surface area (Å²) in [5, 5.41) is 0. The highest BCUT2D eigenvalue weighted by molar-refractivity contribution is 5.77. The van der Waals surface area contributed by atoms with Gasteiger partial charge >= 0.3 is 5.97 Å². The average molecular weight is 209 g/mol. The lowest BCUT2D eigenvalue weighted by molar-refractivity contribution is -0.142. The number of ether oxygens (including phenoxy) is 2. The van der Waals surface area contributed by atoms with Crippen LogP contribution in [0.3, 0.4) is 0 Å². The smallest absolute Gasteiger partial charge is 0.327 e. The van der Waals surface area contributed by atoms with Crippen LogP contribution in [0.5, 0.6) is 5.75 Å². The Kier molecular flexibility index (Phi) is 3.68. The summed E-state index contributed by atoms with van der Waals surface area (Å²) in [4.78, 5) is 11.2. The second-order valence-corrected chi connectivity index (χ2v) is 3.22. The largest absolute Gasteiger partial charge is 0.497 e. The van der Waals surface area contributed by atoms with E-state index in [-0.39, 0.29) is 0 Å². The number of aryl methyl sites for hydroxylation is 1. The molecule has 0 aromatic heterocycles. The molecule has 2 N–H and O–H groups in total. The van der Waals surface area contributed by atoms with Crippen LogP contribution in [0.25, 0.3) is 0 Å². The molecule has 0 aliphatic carbocycles. The van der Waals surface area contributed by atoms with E-state index in [1.807, 2.05) is 13.0 Å². The Morgan fingerprint density at radius 2 is 2.07 bits per heavy atom. The molecule has 0 aliphatic rings. The molecule has 0 unspecified atom stereocenters. The molecule has 82 valence electrons. The molecule has 4 nitrogen and oxygen atoms in total. The second-order valence-electron chi connectivity index (χ2n) is 3.22. The molecule has 0 saturated carbocycles. The van der Waals surface area contributed by atoms with Crippen molar-refractivity contribution in [3.8, 4) is 5.75 Å². The first-order chi connectivity index (χ1) is 7.10. The second kappa shape index (κ2) is 4.79. The van der Waals surface area contributed by atoms with Gasteiger partial charge in [0.1, 0.15) is 11.8 Å². The summed E-state index contributed by atoms with van der Waals surface area (Å²) in [7, 11) is 2.91. The maximum Gasteiger partial charge on any atom is 0.327 e. The van der Waals surface area contributed by atoms with Crippen molar-refractivity contribution in [2.45, 2.75) is 13.0 Å². The molecule has 0 aliphatic heterocycles. The van der Waals surface area contributed by atoms with Crippen LogP contribution < -0.4 is 10.5 Å². The fourth-order valence-electron chi connectivity index (χ4n) is 1.38. The third-order valence-electron chi connectivity index (χ3n) is 2.27. The summed E-state index contributed by atoms with van der Waals surface area (Å²) in [6.45, 7) is 1.88. The van der Waals surface area contributed by atoms with Gasteiger partial charge in [0.05, 0.1) is 14.2 Å². The van der Waals surface area contributed by atoms with Crippen LogP contribution in [0.15, 0.2) is 18.2 Å². The zero-order valence-electron chi connectivity index (χ0n) is 9.11. The lowest BCUT2D eigenvalue weighted by Crippen LogP contribution is -2.23. The number of rotatable bonds is 3. The first kappa shape index (κ1) is 11.5. The minimum Gasteiger partial charge on any atom is -0.497 e. The van der Waals surface area contributed by atoms with E-state index in [0.717, 1.165) is 16.9 Å². The number of benzene rings is 1. The van der Waals surface area contributed by atoms with Crippen molar-refractivity contribution >= 4 is 5.97 Å². The van der Waals surface area contributed by atoms with Crippen LogP contribution in [0.2, 0.25) is 0 Å². The van der Waals surface area contributed by atoms with Crippen LogP contribution >= 0.6 is 0 Å². The summed E-state index contributed by atoms with van der Waals surface area (Å²) in [6.07, 6.45) is 0. The van der Waals surface area contributed by atoms with Crippen molar-refractivity contribution in [1.29, 1.82) is 0 Å². The normalized spacial score (nSPS) is 12.0. The van der Waals surface area contributed by atoms with Crippen LogP contribution in [0, 0.1) is 6.92 Å². The molecule has 1 aromatic rings. The maximum atomic E-state index is 11.2. The van der Waals surface area contributed by atoms with Crippen molar-refractivity contribution < 1.29 is 14.3 Å². The van der Waals surface area contributed by atoms with Crippen molar-refractivity contribution in [3.05, 3.63) is 29.3 Å². The number of methoxy groups -OCH3 is 2. The fourth-order valence-corrected chi connectivity index (χ4v) is 1.38. The van der Waals surface area contributed by atoms with E-state index in [0.29, 0.717) is 0 Å². The molecule has 0 bridgehead atoms. The van der Waals surface area contributed by atoms with E-state index < -0.39 is 12.0 Å². The van der Waals surface area contributed by atoms with Gasteiger partial charge in [-0.3, -0.25) is 4.79 Å². The van der Waals surface area contributed by atoms with Crippen LogP contribution in [-0.2, 0) is 9.53 Å². The Hall–Kier alpha value is -1.55. The summed E-state index contributed by atoms with van der Waals surface area (Å²) in [5.41, 5.74) is 7.39. The van der Waals surface area contributed by atoms with Gasteiger partial charge in [-0.2, -0.15) is 0 Å². The van der Waals surface area contributed by atoms with Crippen LogP contribution in [0.4, 0.5) is 0 Å². The quantitative estimate of drug-likeness (QED) is 0.759. The highest BCUT2D eigenvalue weighted by atomic mass is 16.5. The maximum absolute atomic E-state index is 11.2. The molecule has 1 aromatic carbocycles. The zero-order chi connectivity index (χ0) is 11.4. The first-order valence-corrected chi connectivity index (χ1v) is 4.58. The molecule has 0 heterocycles. The van der Waals surface area contributed by atoms with Crippen LogP contribution in [-0.4, -0.2) is 20.2 Å². The van der Waals surface area contributed by atoms with E-state index in [9.17, 15) is 4.79 Å². The predicted molar refractivity (Wildman–Crippen MR) is 56.7 cm³/mol. The SMILES string of the molecule is COC(=O)[C@@H](N)c1ccc(OC)cc1C. The van der Waals surface area contributed by atoms with Gasteiger partial charge in [-0.1, -0.05) is 6.07 Å². The molecule has 0 fully saturated rings. The van der Waals surface area contributed by atoms with E-state index in [1.165, 1.54) is 7.11 Å². The number of carbonyl (C=O) groups excluding carboxylic acids is 1. The molecule has 15 heavy (non-hydrogen) atoms. The van der Waals surface area contributed by atoms with Crippen molar-refractivity contribution in [3.63, 3.8) is 0 Å². The third kappa shape index (κ3) is 2.47. The molecule has 0 saturated heterocycles. The first-order valence-electron chi connectivity index (χ1n) is 4.58. The summed E-state index contributed by atoms with van der Waals surface area (Å²) < 4.78 is 9.64. The van der Waals surface area contributed by atoms with Gasteiger partial charge in [0.2, 0.25) is 0 Å². The van der Waals surface area contributed by atoms with Crippen LogP contribution in [0.1, 0.15) is 17.2 Å². The number of carbonyl (C=O) groups is 1. The Bertz CT molecular complexity index is 363. The summed E-state index contributed by atoms with van der Waals surface area (Å²) >= 11 is 0. The van der Waals surface area contributed by atoms with Gasteiger partial charge in [-0.15, -0.1) is 0 Å². The van der Waals surface area contributed by atoms with Gasteiger partial charge < -0.3 is 15.2 Å². The Balaban J connectivity index is 3.00. The van der Waals surface area contributed by atoms with E-state index in [2.05, 4.69) is 4.74 Å². The Morgan fingerprint density at radius 3 is 2.53 bits per heavy atom. The third-order valence-corrected chi connectivity index (χ3v) is 2.27. The van der Waals surface area contributed by atoms with Crippen molar-refractivity contribution in [2.75, 3.05) is 14.2 Å². The van der Waals surface area contributed by atoms with Crippen molar-refractivity contribution in [2.24, 2.45) is 5.73 Å². The monoisotopic (exact) mass is 209 g/mol. The lowest BCUT2D eigenvalue weighted by Gasteiger charge is -2.13. The molecule has 0 spiro atoms. The Labute approximate surface area is 89.0 Å².